The van der Waals surface area contributed by atoms with Gasteiger partial charge in [0.15, 0.2) is 6.29 Å². The number of fused-ring (bicyclic) bond motifs is 2. The van der Waals surface area contributed by atoms with Crippen molar-refractivity contribution >= 4 is 6.09 Å². The molecule has 3 fully saturated rings. The number of ether oxygens (including phenoxy) is 4. The number of aromatic nitrogens is 2. The number of rotatable bonds is 5. The van der Waals surface area contributed by atoms with Crippen LogP contribution in [0.1, 0.15) is 39.0 Å². The number of piperidine rings is 1. The Balaban J connectivity index is 1.42. The van der Waals surface area contributed by atoms with Gasteiger partial charge in [0.1, 0.15) is 23.5 Å². The molecule has 1 aromatic rings. The third kappa shape index (κ3) is 5.01. The zero-order valence-corrected chi connectivity index (χ0v) is 20.2. The van der Waals surface area contributed by atoms with E-state index in [0.29, 0.717) is 5.56 Å². The minimum atomic E-state index is -1.43. The standard InChI is InChI=1S/C22H33N3O10/c1-11-6-25(19(30)23-17(11)29)15-5-13(27)14(33-15)8-32-18-12-7-24(20(31)35-21(2,3)4)9-22(10-26,34-18)16(12)28/h6,12-16,18,26-28H,5,7-10H2,1-4H3,(H,23,29,30)/t12-,13+,14-,15-,16+,18-,22-/m1/s1. The first kappa shape index (κ1) is 25.8. The Bertz CT molecular complexity index is 1060. The predicted molar refractivity (Wildman–Crippen MR) is 119 cm³/mol. The fourth-order valence-electron chi connectivity index (χ4n) is 4.72. The van der Waals surface area contributed by atoms with Crippen LogP contribution in [0, 0.1) is 12.8 Å². The van der Waals surface area contributed by atoms with Crippen molar-refractivity contribution in [3.8, 4) is 0 Å². The Hall–Kier alpha value is -2.29. The van der Waals surface area contributed by atoms with Gasteiger partial charge in [-0.05, 0) is 27.7 Å². The fourth-order valence-corrected chi connectivity index (χ4v) is 4.72. The zero-order valence-electron chi connectivity index (χ0n) is 20.2. The molecule has 4 N–H and O–H groups in total. The van der Waals surface area contributed by atoms with Crippen LogP contribution < -0.4 is 11.2 Å². The molecular formula is C22H33N3O10. The number of likely N-dealkylation sites (tertiary alicyclic amines) is 1. The van der Waals surface area contributed by atoms with Gasteiger partial charge < -0.3 is 39.2 Å². The number of aliphatic hydroxyl groups is 3. The molecule has 13 nitrogen and oxygen atoms in total. The van der Waals surface area contributed by atoms with Crippen LogP contribution in [0.15, 0.2) is 15.8 Å². The number of H-pyrrole nitrogens is 1. The van der Waals surface area contributed by atoms with Gasteiger partial charge >= 0.3 is 11.8 Å². The zero-order chi connectivity index (χ0) is 25.7. The van der Waals surface area contributed by atoms with Gasteiger partial charge in [-0.2, -0.15) is 0 Å². The summed E-state index contributed by atoms with van der Waals surface area (Å²) >= 11 is 0. The molecule has 1 amide bonds. The number of aromatic amines is 1. The summed E-state index contributed by atoms with van der Waals surface area (Å²) in [5, 5.41) is 31.3. The maximum atomic E-state index is 12.6. The van der Waals surface area contributed by atoms with Crippen molar-refractivity contribution in [2.45, 2.75) is 76.1 Å². The molecule has 35 heavy (non-hydrogen) atoms. The van der Waals surface area contributed by atoms with Crippen LogP contribution in [0.25, 0.3) is 0 Å². The normalized spacial score (nSPS) is 34.9. The first-order chi connectivity index (χ1) is 16.3. The van der Waals surface area contributed by atoms with Crippen LogP contribution in [0.5, 0.6) is 0 Å². The highest BCUT2D eigenvalue weighted by molar-refractivity contribution is 5.68. The second kappa shape index (κ2) is 9.30. The van der Waals surface area contributed by atoms with Crippen LogP contribution in [0.3, 0.4) is 0 Å². The van der Waals surface area contributed by atoms with Crippen molar-refractivity contribution in [2.75, 3.05) is 26.3 Å². The molecule has 0 radical (unpaired) electrons. The molecule has 13 heteroatoms. The molecule has 0 saturated carbocycles. The molecule has 0 spiro atoms. The highest BCUT2D eigenvalue weighted by atomic mass is 16.7. The highest BCUT2D eigenvalue weighted by Gasteiger charge is 2.60. The van der Waals surface area contributed by atoms with E-state index in [1.54, 1.807) is 27.7 Å². The molecule has 3 aliphatic rings. The van der Waals surface area contributed by atoms with E-state index in [4.69, 9.17) is 18.9 Å². The van der Waals surface area contributed by atoms with Crippen LogP contribution in [-0.4, -0.2) is 98.0 Å². The van der Waals surface area contributed by atoms with Crippen molar-refractivity contribution in [2.24, 2.45) is 5.92 Å². The number of carbonyl (C=O) groups is 1. The van der Waals surface area contributed by atoms with E-state index in [0.717, 1.165) is 0 Å². The largest absolute Gasteiger partial charge is 0.444 e. The second-order valence-corrected chi connectivity index (χ2v) is 10.4. The van der Waals surface area contributed by atoms with Gasteiger partial charge in [-0.3, -0.25) is 14.3 Å². The lowest BCUT2D eigenvalue weighted by Crippen LogP contribution is -2.60. The smallest absolute Gasteiger partial charge is 0.410 e. The number of hydrogen-bond donors (Lipinski definition) is 4. The molecule has 0 unspecified atom stereocenters. The number of aryl methyl sites for hydroxylation is 1. The monoisotopic (exact) mass is 499 g/mol. The summed E-state index contributed by atoms with van der Waals surface area (Å²) in [6, 6.07) is 0. The van der Waals surface area contributed by atoms with Crippen molar-refractivity contribution in [1.82, 2.24) is 14.5 Å². The first-order valence-corrected chi connectivity index (χ1v) is 11.6. The van der Waals surface area contributed by atoms with E-state index in [-0.39, 0.29) is 26.1 Å². The van der Waals surface area contributed by atoms with Crippen molar-refractivity contribution in [3.63, 3.8) is 0 Å². The lowest BCUT2D eigenvalue weighted by Gasteiger charge is -2.40. The third-order valence-electron chi connectivity index (χ3n) is 6.54. The molecule has 196 valence electrons. The topological polar surface area (TPSA) is 173 Å². The van der Waals surface area contributed by atoms with E-state index < -0.39 is 71.9 Å². The summed E-state index contributed by atoms with van der Waals surface area (Å²) in [7, 11) is 0. The van der Waals surface area contributed by atoms with Gasteiger partial charge in [-0.15, -0.1) is 0 Å². The summed E-state index contributed by atoms with van der Waals surface area (Å²) in [5.74, 6) is -0.665. The Morgan fingerprint density at radius 2 is 2.03 bits per heavy atom. The van der Waals surface area contributed by atoms with Crippen molar-refractivity contribution < 1.29 is 39.1 Å². The Morgan fingerprint density at radius 3 is 2.69 bits per heavy atom. The highest BCUT2D eigenvalue weighted by Crippen LogP contribution is 2.42. The minimum absolute atomic E-state index is 0.0744. The summed E-state index contributed by atoms with van der Waals surface area (Å²) < 4.78 is 24.2. The molecule has 7 atom stereocenters. The van der Waals surface area contributed by atoms with E-state index in [2.05, 4.69) is 4.98 Å². The van der Waals surface area contributed by atoms with Gasteiger partial charge in [0, 0.05) is 24.7 Å². The summed E-state index contributed by atoms with van der Waals surface area (Å²) in [4.78, 5) is 40.0. The van der Waals surface area contributed by atoms with Gasteiger partial charge in [0.25, 0.3) is 5.56 Å². The molecule has 4 heterocycles. The van der Waals surface area contributed by atoms with Crippen LogP contribution in [0.2, 0.25) is 0 Å². The van der Waals surface area contributed by atoms with E-state index >= 15 is 0 Å². The quantitative estimate of drug-likeness (QED) is 0.386. The molecule has 4 rings (SSSR count). The van der Waals surface area contributed by atoms with Crippen LogP contribution >= 0.6 is 0 Å². The van der Waals surface area contributed by atoms with Gasteiger partial charge in [0.2, 0.25) is 0 Å². The van der Waals surface area contributed by atoms with Gasteiger partial charge in [-0.1, -0.05) is 0 Å². The number of amides is 1. The number of aliphatic hydroxyl groups excluding tert-OH is 3. The SMILES string of the molecule is Cc1cn([C@H]2C[C@H](O)[C@@H](CO[C@@H]3O[C@@]4(CO)CN(C(=O)OC(C)(C)C)C[C@@H]3[C@@H]4O)O2)c(=O)[nH]c1=O. The molecule has 2 bridgehead atoms. The lowest BCUT2D eigenvalue weighted by atomic mass is 9.86. The molecule has 3 saturated heterocycles. The number of hydrogen-bond acceptors (Lipinski definition) is 10. The Morgan fingerprint density at radius 1 is 1.31 bits per heavy atom. The van der Waals surface area contributed by atoms with E-state index in [9.17, 15) is 29.7 Å². The first-order valence-electron chi connectivity index (χ1n) is 11.6. The molecule has 0 aliphatic carbocycles. The summed E-state index contributed by atoms with van der Waals surface area (Å²) in [6.45, 7) is 6.13. The van der Waals surface area contributed by atoms with Crippen LogP contribution in [-0.2, 0) is 18.9 Å². The second-order valence-electron chi connectivity index (χ2n) is 10.4. The molecule has 1 aromatic heterocycles. The average Bonchev–Trinajstić information content (AvgIpc) is 3.18. The Kier molecular flexibility index (Phi) is 6.85. The lowest BCUT2D eigenvalue weighted by molar-refractivity contribution is -0.203. The average molecular weight is 500 g/mol. The van der Waals surface area contributed by atoms with Crippen molar-refractivity contribution in [3.05, 3.63) is 32.6 Å². The van der Waals surface area contributed by atoms with Crippen LogP contribution in [0.4, 0.5) is 4.79 Å². The number of carbonyl (C=O) groups excluding carboxylic acids is 1. The fraction of sp³-hybridized carbons (Fsp3) is 0.773. The third-order valence-corrected chi connectivity index (χ3v) is 6.54. The van der Waals surface area contributed by atoms with Crippen molar-refractivity contribution in [1.29, 1.82) is 0 Å². The molecule has 0 aromatic carbocycles. The minimum Gasteiger partial charge on any atom is -0.444 e. The number of nitrogens with one attached hydrogen (secondary N) is 1. The summed E-state index contributed by atoms with van der Waals surface area (Å²) in [6.07, 6.45) is -3.75. The maximum absolute atomic E-state index is 12.6. The molecular weight excluding hydrogens is 466 g/mol. The maximum Gasteiger partial charge on any atom is 0.410 e. The summed E-state index contributed by atoms with van der Waals surface area (Å²) in [5.41, 5.74) is -2.96. The van der Waals surface area contributed by atoms with E-state index in [1.807, 2.05) is 0 Å². The van der Waals surface area contributed by atoms with E-state index in [1.165, 1.54) is 15.7 Å². The number of nitrogens with zero attached hydrogens (tertiary/aromatic N) is 2. The molecule has 3 aliphatic heterocycles. The van der Waals surface area contributed by atoms with Gasteiger partial charge in [-0.25, -0.2) is 9.59 Å². The van der Waals surface area contributed by atoms with Gasteiger partial charge in [0.05, 0.1) is 37.9 Å². The Labute approximate surface area is 201 Å². The predicted octanol–water partition coefficient (Wildman–Crippen LogP) is -1.17.